The molecule has 3 N–H and O–H groups in total. The molecule has 7 nitrogen and oxygen atoms in total. The van der Waals surface area contributed by atoms with E-state index in [0.29, 0.717) is 19.5 Å². The molecule has 3 rings (SSSR count). The van der Waals surface area contributed by atoms with Crippen LogP contribution in [0.3, 0.4) is 0 Å². The lowest BCUT2D eigenvalue weighted by molar-refractivity contribution is -0.136. The second-order valence-electron chi connectivity index (χ2n) is 8.68. The normalized spacial score (nSPS) is 29.3. The standard InChI is InChI=1S/C20H36N4O3/c1-16(25)22-18-5-12-23(13-6-18)15-20(27)7-2-11-24(14-8-20)19(26)17-3-9-21-10-4-17/h17-18,21,27H,2-15H2,1H3,(H,22,25). The number of piperidine rings is 2. The maximum Gasteiger partial charge on any atom is 0.225 e. The lowest BCUT2D eigenvalue weighted by Gasteiger charge is -2.38. The van der Waals surface area contributed by atoms with Gasteiger partial charge < -0.3 is 25.5 Å². The van der Waals surface area contributed by atoms with Crippen LogP contribution in [0.5, 0.6) is 0 Å². The van der Waals surface area contributed by atoms with Gasteiger partial charge in [-0.2, -0.15) is 0 Å². The molecule has 1 unspecified atom stereocenters. The van der Waals surface area contributed by atoms with Crippen molar-refractivity contribution in [3.63, 3.8) is 0 Å². The van der Waals surface area contributed by atoms with Gasteiger partial charge in [0, 0.05) is 51.6 Å². The van der Waals surface area contributed by atoms with E-state index in [1.165, 1.54) is 0 Å². The molecule has 0 aromatic heterocycles. The molecule has 0 aromatic rings. The summed E-state index contributed by atoms with van der Waals surface area (Å²) in [5.74, 6) is 0.483. The van der Waals surface area contributed by atoms with E-state index >= 15 is 0 Å². The Morgan fingerprint density at radius 1 is 1.07 bits per heavy atom. The summed E-state index contributed by atoms with van der Waals surface area (Å²) < 4.78 is 0. The zero-order valence-electron chi connectivity index (χ0n) is 16.7. The SMILES string of the molecule is CC(=O)NC1CCN(CC2(O)CCCN(C(=O)C3CCNCC3)CC2)CC1. The van der Waals surface area contributed by atoms with Crippen molar-refractivity contribution in [2.24, 2.45) is 5.92 Å². The van der Waals surface area contributed by atoms with Gasteiger partial charge in [-0.25, -0.2) is 0 Å². The zero-order chi connectivity index (χ0) is 19.3. The van der Waals surface area contributed by atoms with E-state index < -0.39 is 5.60 Å². The van der Waals surface area contributed by atoms with Crippen molar-refractivity contribution >= 4 is 11.8 Å². The summed E-state index contributed by atoms with van der Waals surface area (Å²) in [7, 11) is 0. The molecule has 0 spiro atoms. The fourth-order valence-electron chi connectivity index (χ4n) is 4.82. The third kappa shape index (κ3) is 5.90. The Labute approximate surface area is 162 Å². The maximum absolute atomic E-state index is 12.8. The third-order valence-corrected chi connectivity index (χ3v) is 6.43. The van der Waals surface area contributed by atoms with Crippen LogP contribution in [0.2, 0.25) is 0 Å². The second-order valence-corrected chi connectivity index (χ2v) is 8.68. The number of hydrogen-bond donors (Lipinski definition) is 3. The number of β-amino-alcohol motifs (C(OH)–C–C–N with tert-alkyl or cyclic N) is 1. The van der Waals surface area contributed by atoms with Gasteiger partial charge in [0.15, 0.2) is 0 Å². The van der Waals surface area contributed by atoms with Crippen LogP contribution in [0, 0.1) is 5.92 Å². The highest BCUT2D eigenvalue weighted by molar-refractivity contribution is 5.79. The number of amides is 2. The highest BCUT2D eigenvalue weighted by atomic mass is 16.3. The van der Waals surface area contributed by atoms with Gasteiger partial charge in [0.2, 0.25) is 11.8 Å². The van der Waals surface area contributed by atoms with E-state index in [-0.39, 0.29) is 23.8 Å². The number of aliphatic hydroxyl groups is 1. The monoisotopic (exact) mass is 380 g/mol. The molecule has 3 saturated heterocycles. The van der Waals surface area contributed by atoms with Crippen LogP contribution < -0.4 is 10.6 Å². The van der Waals surface area contributed by atoms with Crippen molar-refractivity contribution in [3.8, 4) is 0 Å². The largest absolute Gasteiger partial charge is 0.388 e. The molecular weight excluding hydrogens is 344 g/mol. The highest BCUT2D eigenvalue weighted by Crippen LogP contribution is 2.27. The van der Waals surface area contributed by atoms with Crippen LogP contribution in [0.1, 0.15) is 51.9 Å². The van der Waals surface area contributed by atoms with Crippen molar-refractivity contribution in [2.45, 2.75) is 63.5 Å². The summed E-state index contributed by atoms with van der Waals surface area (Å²) in [5, 5.41) is 17.5. The molecule has 0 aromatic carbocycles. The van der Waals surface area contributed by atoms with Gasteiger partial charge in [-0.05, 0) is 58.0 Å². The first-order valence-electron chi connectivity index (χ1n) is 10.7. The first-order valence-corrected chi connectivity index (χ1v) is 10.7. The van der Waals surface area contributed by atoms with Crippen molar-refractivity contribution < 1.29 is 14.7 Å². The van der Waals surface area contributed by atoms with Crippen LogP contribution >= 0.6 is 0 Å². The van der Waals surface area contributed by atoms with Gasteiger partial charge in [0.25, 0.3) is 0 Å². The summed E-state index contributed by atoms with van der Waals surface area (Å²) in [6, 6.07) is 0.264. The van der Waals surface area contributed by atoms with Crippen molar-refractivity contribution in [2.75, 3.05) is 45.8 Å². The third-order valence-electron chi connectivity index (χ3n) is 6.43. The molecule has 0 aliphatic carbocycles. The Kier molecular flexibility index (Phi) is 7.11. The number of carbonyl (C=O) groups excluding carboxylic acids is 2. The lowest BCUT2D eigenvalue weighted by Crippen LogP contribution is -2.50. The van der Waals surface area contributed by atoms with E-state index in [0.717, 1.165) is 71.2 Å². The Bertz CT molecular complexity index is 515. The number of rotatable bonds is 4. The Hall–Kier alpha value is -1.18. The number of nitrogens with one attached hydrogen (secondary N) is 2. The first-order chi connectivity index (χ1) is 13.0. The fraction of sp³-hybridized carbons (Fsp3) is 0.900. The zero-order valence-corrected chi connectivity index (χ0v) is 16.7. The molecular formula is C20H36N4O3. The van der Waals surface area contributed by atoms with Gasteiger partial charge in [-0.1, -0.05) is 0 Å². The topological polar surface area (TPSA) is 84.9 Å². The molecule has 3 aliphatic rings. The van der Waals surface area contributed by atoms with Gasteiger partial charge in [0.1, 0.15) is 0 Å². The Morgan fingerprint density at radius 3 is 2.44 bits per heavy atom. The smallest absolute Gasteiger partial charge is 0.225 e. The van der Waals surface area contributed by atoms with Crippen molar-refractivity contribution in [3.05, 3.63) is 0 Å². The summed E-state index contributed by atoms with van der Waals surface area (Å²) in [5.41, 5.74) is -0.704. The number of likely N-dealkylation sites (tertiary alicyclic amines) is 2. The van der Waals surface area contributed by atoms with Gasteiger partial charge in [-0.15, -0.1) is 0 Å². The van der Waals surface area contributed by atoms with E-state index in [2.05, 4.69) is 15.5 Å². The maximum atomic E-state index is 12.8. The average Bonchev–Trinajstić information content (AvgIpc) is 2.85. The Morgan fingerprint density at radius 2 is 1.78 bits per heavy atom. The molecule has 3 aliphatic heterocycles. The molecule has 3 heterocycles. The first kappa shape index (κ1) is 20.6. The second kappa shape index (κ2) is 9.34. The van der Waals surface area contributed by atoms with Crippen LogP contribution in [-0.4, -0.2) is 84.2 Å². The van der Waals surface area contributed by atoms with Gasteiger partial charge in [0.05, 0.1) is 5.60 Å². The minimum absolute atomic E-state index is 0.0364. The van der Waals surface area contributed by atoms with E-state index in [1.54, 1.807) is 6.92 Å². The summed E-state index contributed by atoms with van der Waals surface area (Å²) in [6.07, 6.45) is 6.04. The quantitative estimate of drug-likeness (QED) is 0.655. The van der Waals surface area contributed by atoms with E-state index in [1.807, 2.05) is 4.90 Å². The van der Waals surface area contributed by atoms with E-state index in [9.17, 15) is 14.7 Å². The molecule has 3 fully saturated rings. The lowest BCUT2D eigenvalue weighted by atomic mass is 9.92. The molecule has 0 radical (unpaired) electrons. The van der Waals surface area contributed by atoms with Crippen LogP contribution in [-0.2, 0) is 9.59 Å². The molecule has 27 heavy (non-hydrogen) atoms. The fourth-order valence-corrected chi connectivity index (χ4v) is 4.82. The minimum atomic E-state index is -0.704. The van der Waals surface area contributed by atoms with Crippen LogP contribution in [0.25, 0.3) is 0 Å². The van der Waals surface area contributed by atoms with Crippen molar-refractivity contribution in [1.82, 2.24) is 20.4 Å². The van der Waals surface area contributed by atoms with Crippen molar-refractivity contribution in [1.29, 1.82) is 0 Å². The number of hydrogen-bond acceptors (Lipinski definition) is 5. The average molecular weight is 381 g/mol. The number of nitrogens with zero attached hydrogens (tertiary/aromatic N) is 2. The molecule has 154 valence electrons. The predicted molar refractivity (Wildman–Crippen MR) is 104 cm³/mol. The Balaban J connectivity index is 1.46. The summed E-state index contributed by atoms with van der Waals surface area (Å²) in [4.78, 5) is 28.3. The molecule has 2 amide bonds. The van der Waals surface area contributed by atoms with Crippen LogP contribution in [0.15, 0.2) is 0 Å². The molecule has 0 saturated carbocycles. The van der Waals surface area contributed by atoms with Gasteiger partial charge in [-0.3, -0.25) is 9.59 Å². The highest BCUT2D eigenvalue weighted by Gasteiger charge is 2.35. The summed E-state index contributed by atoms with van der Waals surface area (Å²) >= 11 is 0. The summed E-state index contributed by atoms with van der Waals surface area (Å²) in [6.45, 7) is 7.37. The van der Waals surface area contributed by atoms with Gasteiger partial charge >= 0.3 is 0 Å². The predicted octanol–water partition coefficient (Wildman–Crippen LogP) is 0.330. The molecule has 1 atom stereocenters. The van der Waals surface area contributed by atoms with Crippen LogP contribution in [0.4, 0.5) is 0 Å². The molecule has 7 heteroatoms. The van der Waals surface area contributed by atoms with E-state index in [4.69, 9.17) is 0 Å². The minimum Gasteiger partial charge on any atom is -0.388 e. The number of carbonyl (C=O) groups is 2. The molecule has 0 bridgehead atoms.